The molecule has 0 amide bonds. The molecule has 1 aromatic heterocycles. The largest absolute Gasteiger partial charge is 0.208 e. The zero-order chi connectivity index (χ0) is 35.5. The molecule has 9 aromatic rings. The predicted octanol–water partition coefficient (Wildman–Crippen LogP) is 11.3. The lowest BCUT2D eigenvalue weighted by molar-refractivity contribution is 1.08. The van der Waals surface area contributed by atoms with E-state index >= 15 is 0 Å². The van der Waals surface area contributed by atoms with Gasteiger partial charge in [-0.25, -0.2) is 15.0 Å². The molecule has 1 aliphatic heterocycles. The van der Waals surface area contributed by atoms with Crippen molar-refractivity contribution in [2.75, 3.05) is 0 Å². The maximum absolute atomic E-state index is 5.30. The molecule has 0 spiro atoms. The van der Waals surface area contributed by atoms with Crippen molar-refractivity contribution in [3.63, 3.8) is 0 Å². The van der Waals surface area contributed by atoms with Crippen molar-refractivity contribution in [2.45, 2.75) is 13.1 Å². The van der Waals surface area contributed by atoms with Crippen LogP contribution < -0.4 is 10.4 Å². The molecule has 0 unspecified atom stereocenters. The molecule has 53 heavy (non-hydrogen) atoms. The minimum Gasteiger partial charge on any atom is -0.208 e. The van der Waals surface area contributed by atoms with Crippen molar-refractivity contribution in [2.24, 2.45) is 0 Å². The minimum absolute atomic E-state index is 0.664. The number of hydrogen-bond acceptors (Lipinski definition) is 3. The normalized spacial score (nSPS) is 12.9. The first-order valence-electron chi connectivity index (χ1n) is 18.2. The Bertz CT molecular complexity index is 2850. The van der Waals surface area contributed by atoms with E-state index < -0.39 is 8.07 Å². The summed E-state index contributed by atoms with van der Waals surface area (Å²) in [4.78, 5) is 15.8. The molecule has 250 valence electrons. The van der Waals surface area contributed by atoms with E-state index in [0.29, 0.717) is 17.5 Å². The van der Waals surface area contributed by atoms with Crippen molar-refractivity contribution >= 4 is 40.0 Å². The third kappa shape index (κ3) is 5.22. The van der Waals surface area contributed by atoms with Gasteiger partial charge in [-0.15, -0.1) is 0 Å². The Hall–Kier alpha value is -6.49. The van der Waals surface area contributed by atoms with Crippen LogP contribution in [0.25, 0.3) is 89.1 Å². The number of hydrogen-bond donors (Lipinski definition) is 0. The summed E-state index contributed by atoms with van der Waals surface area (Å²) >= 11 is 0. The third-order valence-corrected chi connectivity index (χ3v) is 14.5. The van der Waals surface area contributed by atoms with Crippen molar-refractivity contribution < 1.29 is 0 Å². The zero-order valence-electron chi connectivity index (χ0n) is 29.6. The smallest absolute Gasteiger partial charge is 0.164 e. The standard InChI is InChI=1S/C49H35N3Si/c1-53(2)44-30-29-34-16-7-9-21-41(34)45(44)42-23-12-24-43(46(42)53)49-51-47(50-48(52-49)38-19-10-18-37(31-38)32-13-4-3-5-14-32)36-27-25-35(26-28-36)40-22-11-17-33-15-6-8-20-39(33)40/h3-31H,1-2H3. The van der Waals surface area contributed by atoms with E-state index in [1.807, 2.05) is 6.07 Å². The summed E-state index contributed by atoms with van der Waals surface area (Å²) in [7, 11) is -2.14. The predicted molar refractivity (Wildman–Crippen MR) is 224 cm³/mol. The van der Waals surface area contributed by atoms with E-state index in [4.69, 9.17) is 15.0 Å². The summed E-state index contributed by atoms with van der Waals surface area (Å²) in [6.07, 6.45) is 0. The molecule has 0 bridgehead atoms. The molecule has 0 fully saturated rings. The Kier molecular flexibility index (Phi) is 7.27. The second-order valence-corrected chi connectivity index (χ2v) is 18.7. The van der Waals surface area contributed by atoms with Crippen LogP contribution in [0, 0.1) is 0 Å². The maximum atomic E-state index is 5.30. The van der Waals surface area contributed by atoms with E-state index in [0.717, 1.165) is 33.4 Å². The first kappa shape index (κ1) is 31.3. The Morgan fingerprint density at radius 3 is 1.72 bits per heavy atom. The first-order valence-corrected chi connectivity index (χ1v) is 21.2. The van der Waals surface area contributed by atoms with Gasteiger partial charge in [-0.05, 0) is 71.4 Å². The van der Waals surface area contributed by atoms with Crippen LogP contribution in [-0.4, -0.2) is 23.0 Å². The Morgan fingerprint density at radius 2 is 0.906 bits per heavy atom. The van der Waals surface area contributed by atoms with Crippen LogP contribution in [-0.2, 0) is 0 Å². The van der Waals surface area contributed by atoms with E-state index in [1.165, 1.54) is 48.6 Å². The van der Waals surface area contributed by atoms with Crippen LogP contribution in [0.5, 0.6) is 0 Å². The molecule has 0 saturated heterocycles. The molecule has 0 radical (unpaired) electrons. The van der Waals surface area contributed by atoms with Gasteiger partial charge in [0.05, 0.1) is 0 Å². The van der Waals surface area contributed by atoms with Gasteiger partial charge in [0.2, 0.25) is 0 Å². The fourth-order valence-electron chi connectivity index (χ4n) is 8.34. The molecule has 1 aliphatic rings. The van der Waals surface area contributed by atoms with Gasteiger partial charge >= 0.3 is 0 Å². The SMILES string of the molecule is C[Si]1(C)c2ccc3ccccc3c2-c2cccc(-c3nc(-c4ccc(-c5cccc6ccccc56)cc4)nc(-c4cccc(-c5ccccc5)c4)n3)c21. The van der Waals surface area contributed by atoms with Crippen molar-refractivity contribution in [3.8, 4) is 67.5 Å². The molecule has 10 rings (SSSR count). The monoisotopic (exact) mass is 693 g/mol. The van der Waals surface area contributed by atoms with Gasteiger partial charge in [0, 0.05) is 16.7 Å². The Morgan fingerprint density at radius 1 is 0.358 bits per heavy atom. The Balaban J connectivity index is 1.16. The van der Waals surface area contributed by atoms with Gasteiger partial charge in [-0.1, -0.05) is 183 Å². The van der Waals surface area contributed by atoms with Gasteiger partial charge in [-0.2, -0.15) is 0 Å². The zero-order valence-corrected chi connectivity index (χ0v) is 30.6. The number of nitrogens with zero attached hydrogens (tertiary/aromatic N) is 3. The lowest BCUT2D eigenvalue weighted by Crippen LogP contribution is -2.50. The summed E-state index contributed by atoms with van der Waals surface area (Å²) in [5.41, 5.74) is 10.3. The fourth-order valence-corrected chi connectivity index (χ4v) is 11.8. The van der Waals surface area contributed by atoms with E-state index in [1.54, 1.807) is 0 Å². The highest BCUT2D eigenvalue weighted by atomic mass is 28.3. The van der Waals surface area contributed by atoms with Gasteiger partial charge < -0.3 is 0 Å². The number of aromatic nitrogens is 3. The van der Waals surface area contributed by atoms with Gasteiger partial charge in [0.25, 0.3) is 0 Å². The average molecular weight is 694 g/mol. The molecule has 0 N–H and O–H groups in total. The van der Waals surface area contributed by atoms with Crippen molar-refractivity contribution in [3.05, 3.63) is 176 Å². The fraction of sp³-hybridized carbons (Fsp3) is 0.0408. The number of fused-ring (bicyclic) bond motifs is 6. The summed E-state index contributed by atoms with van der Waals surface area (Å²) in [6, 6.07) is 62.8. The second kappa shape index (κ2) is 12.3. The molecule has 8 aromatic carbocycles. The van der Waals surface area contributed by atoms with Crippen molar-refractivity contribution in [1.29, 1.82) is 0 Å². The van der Waals surface area contributed by atoms with Gasteiger partial charge in [0.1, 0.15) is 8.07 Å². The first-order chi connectivity index (χ1) is 26.0. The van der Waals surface area contributed by atoms with E-state index in [9.17, 15) is 0 Å². The van der Waals surface area contributed by atoms with Crippen LogP contribution in [0.3, 0.4) is 0 Å². The highest BCUT2D eigenvalue weighted by molar-refractivity contribution is 7.04. The van der Waals surface area contributed by atoms with Crippen LogP contribution in [0.2, 0.25) is 13.1 Å². The second-order valence-electron chi connectivity index (χ2n) is 14.4. The van der Waals surface area contributed by atoms with Gasteiger partial charge in [0.15, 0.2) is 17.5 Å². The van der Waals surface area contributed by atoms with Crippen molar-refractivity contribution in [1.82, 2.24) is 15.0 Å². The van der Waals surface area contributed by atoms with Crippen LogP contribution >= 0.6 is 0 Å². The highest BCUT2D eigenvalue weighted by Crippen LogP contribution is 2.38. The van der Waals surface area contributed by atoms with Crippen LogP contribution in [0.4, 0.5) is 0 Å². The topological polar surface area (TPSA) is 38.7 Å². The van der Waals surface area contributed by atoms with E-state index in [-0.39, 0.29) is 0 Å². The lowest BCUT2D eigenvalue weighted by Gasteiger charge is -2.22. The summed E-state index contributed by atoms with van der Waals surface area (Å²) in [5, 5.41) is 7.90. The molecule has 4 heteroatoms. The average Bonchev–Trinajstić information content (AvgIpc) is 3.47. The number of rotatable bonds is 5. The van der Waals surface area contributed by atoms with Crippen LogP contribution in [0.15, 0.2) is 176 Å². The quantitative estimate of drug-likeness (QED) is 0.168. The summed E-state index contributed by atoms with van der Waals surface area (Å²) < 4.78 is 0. The molecular formula is C49H35N3Si. The summed E-state index contributed by atoms with van der Waals surface area (Å²) in [5.74, 6) is 2.04. The molecular weight excluding hydrogens is 659 g/mol. The number of benzene rings is 8. The molecule has 0 saturated carbocycles. The third-order valence-electron chi connectivity index (χ3n) is 10.9. The highest BCUT2D eigenvalue weighted by Gasteiger charge is 2.40. The molecule has 0 aliphatic carbocycles. The Labute approximate surface area is 310 Å². The summed E-state index contributed by atoms with van der Waals surface area (Å²) in [6.45, 7) is 4.93. The lowest BCUT2D eigenvalue weighted by atomic mass is 9.97. The molecule has 0 atom stereocenters. The van der Waals surface area contributed by atoms with E-state index in [2.05, 4.69) is 183 Å². The van der Waals surface area contributed by atoms with Crippen LogP contribution in [0.1, 0.15) is 0 Å². The van der Waals surface area contributed by atoms with Gasteiger partial charge in [-0.3, -0.25) is 0 Å². The molecule has 3 nitrogen and oxygen atoms in total. The minimum atomic E-state index is -2.14. The molecule has 2 heterocycles. The maximum Gasteiger partial charge on any atom is 0.164 e.